The van der Waals surface area contributed by atoms with Crippen molar-refractivity contribution in [2.45, 2.75) is 19.8 Å². The normalized spacial score (nSPS) is 10.1. The molecule has 0 radical (unpaired) electrons. The third-order valence-electron chi connectivity index (χ3n) is 1.99. The van der Waals surface area contributed by atoms with Gasteiger partial charge in [-0.05, 0) is 5.92 Å². The molecular weight excluding hydrogens is 164 g/mol. The van der Waals surface area contributed by atoms with Crippen LogP contribution in [-0.2, 0) is 7.05 Å². The first kappa shape index (κ1) is 9.53. The van der Waals surface area contributed by atoms with Crippen molar-refractivity contribution >= 4 is 0 Å². The van der Waals surface area contributed by atoms with Crippen molar-refractivity contribution in [2.24, 2.45) is 7.05 Å². The monoisotopic (exact) mass is 176 g/mol. The van der Waals surface area contributed by atoms with Crippen molar-refractivity contribution < 1.29 is 0 Å². The van der Waals surface area contributed by atoms with Crippen molar-refractivity contribution in [3.8, 4) is 6.07 Å². The molecule has 0 aromatic carbocycles. The molecule has 3 heteroatoms. The third-order valence-corrected chi connectivity index (χ3v) is 1.99. The number of pyridine rings is 1. The molecule has 0 bridgehead atoms. The zero-order chi connectivity index (χ0) is 10.0. The molecular formula is C10H12N2O. The Morgan fingerprint density at radius 1 is 1.54 bits per heavy atom. The first-order chi connectivity index (χ1) is 6.07. The molecule has 1 rings (SSSR count). The molecule has 1 aromatic heterocycles. The average molecular weight is 176 g/mol. The molecule has 0 aliphatic rings. The van der Waals surface area contributed by atoms with E-state index in [1.165, 1.54) is 6.07 Å². The summed E-state index contributed by atoms with van der Waals surface area (Å²) in [4.78, 5) is 11.3. The summed E-state index contributed by atoms with van der Waals surface area (Å²) in [6.45, 7) is 3.94. The SMILES string of the molecule is CC(C)c1c(C#N)c(=O)ccn1C. The van der Waals surface area contributed by atoms with Gasteiger partial charge in [-0.1, -0.05) is 13.8 Å². The Hall–Kier alpha value is -1.56. The molecule has 0 unspecified atom stereocenters. The van der Waals surface area contributed by atoms with E-state index in [9.17, 15) is 4.79 Å². The molecule has 0 fully saturated rings. The number of nitrogens with zero attached hydrogens (tertiary/aromatic N) is 2. The lowest BCUT2D eigenvalue weighted by atomic mass is 10.0. The highest BCUT2D eigenvalue weighted by atomic mass is 16.1. The summed E-state index contributed by atoms with van der Waals surface area (Å²) in [6, 6.07) is 3.37. The predicted octanol–water partition coefficient (Wildman–Crippen LogP) is 1.38. The third kappa shape index (κ3) is 1.62. The molecule has 13 heavy (non-hydrogen) atoms. The minimum Gasteiger partial charge on any atom is -0.353 e. The lowest BCUT2D eigenvalue weighted by molar-refractivity contribution is 0.718. The summed E-state index contributed by atoms with van der Waals surface area (Å²) in [5.74, 6) is 0.188. The highest BCUT2D eigenvalue weighted by molar-refractivity contribution is 5.35. The van der Waals surface area contributed by atoms with E-state index in [0.29, 0.717) is 0 Å². The molecule has 0 N–H and O–H groups in total. The van der Waals surface area contributed by atoms with E-state index < -0.39 is 0 Å². The largest absolute Gasteiger partial charge is 0.353 e. The second-order valence-electron chi connectivity index (χ2n) is 3.32. The number of hydrogen-bond donors (Lipinski definition) is 0. The van der Waals surface area contributed by atoms with E-state index >= 15 is 0 Å². The molecule has 0 saturated carbocycles. The Bertz CT molecular complexity index is 410. The fourth-order valence-corrected chi connectivity index (χ4v) is 1.45. The lowest BCUT2D eigenvalue weighted by Gasteiger charge is -2.12. The van der Waals surface area contributed by atoms with Crippen LogP contribution in [0.5, 0.6) is 0 Å². The molecule has 0 aliphatic carbocycles. The van der Waals surface area contributed by atoms with Crippen molar-refractivity contribution in [2.75, 3.05) is 0 Å². The molecule has 1 heterocycles. The van der Waals surface area contributed by atoms with Crippen LogP contribution in [0.25, 0.3) is 0 Å². The van der Waals surface area contributed by atoms with Gasteiger partial charge in [-0.2, -0.15) is 5.26 Å². The smallest absolute Gasteiger partial charge is 0.199 e. The summed E-state index contributed by atoms with van der Waals surface area (Å²) in [5, 5.41) is 8.81. The van der Waals surface area contributed by atoms with Crippen LogP contribution in [0.1, 0.15) is 31.0 Å². The Kier molecular flexibility index (Phi) is 2.52. The predicted molar refractivity (Wildman–Crippen MR) is 50.5 cm³/mol. The van der Waals surface area contributed by atoms with Crippen LogP contribution in [-0.4, -0.2) is 4.57 Å². The van der Waals surface area contributed by atoms with Crippen molar-refractivity contribution in [1.82, 2.24) is 4.57 Å². The summed E-state index contributed by atoms with van der Waals surface area (Å²) < 4.78 is 1.82. The van der Waals surface area contributed by atoms with Gasteiger partial charge in [0.15, 0.2) is 5.43 Å². The fraction of sp³-hybridized carbons (Fsp3) is 0.400. The van der Waals surface area contributed by atoms with Gasteiger partial charge >= 0.3 is 0 Å². The molecule has 0 saturated heterocycles. The second kappa shape index (κ2) is 3.44. The molecule has 1 aromatic rings. The van der Waals surface area contributed by atoms with Crippen LogP contribution in [0.2, 0.25) is 0 Å². The van der Waals surface area contributed by atoms with Gasteiger partial charge in [0, 0.05) is 25.0 Å². The van der Waals surface area contributed by atoms with E-state index in [4.69, 9.17) is 5.26 Å². The summed E-state index contributed by atoms with van der Waals surface area (Å²) in [6.07, 6.45) is 1.69. The van der Waals surface area contributed by atoms with E-state index in [0.717, 1.165) is 5.69 Å². The Balaban J connectivity index is 3.56. The highest BCUT2D eigenvalue weighted by Crippen LogP contribution is 2.14. The Labute approximate surface area is 77.2 Å². The van der Waals surface area contributed by atoms with Gasteiger partial charge in [0.05, 0.1) is 0 Å². The zero-order valence-electron chi connectivity index (χ0n) is 8.03. The minimum atomic E-state index is -0.190. The maximum Gasteiger partial charge on any atom is 0.199 e. The number of rotatable bonds is 1. The molecule has 3 nitrogen and oxygen atoms in total. The summed E-state index contributed by atoms with van der Waals surface area (Å²) >= 11 is 0. The average Bonchev–Trinajstić information content (AvgIpc) is 2.07. The van der Waals surface area contributed by atoms with Gasteiger partial charge in [-0.15, -0.1) is 0 Å². The number of aryl methyl sites for hydroxylation is 1. The first-order valence-corrected chi connectivity index (χ1v) is 4.17. The first-order valence-electron chi connectivity index (χ1n) is 4.17. The number of nitriles is 1. The molecule has 0 atom stereocenters. The van der Waals surface area contributed by atoms with Gasteiger partial charge in [0.1, 0.15) is 11.6 Å². The summed E-state index contributed by atoms with van der Waals surface area (Å²) in [5.41, 5.74) is 0.874. The van der Waals surface area contributed by atoms with Crippen LogP contribution in [0.15, 0.2) is 17.1 Å². The highest BCUT2D eigenvalue weighted by Gasteiger charge is 2.11. The van der Waals surface area contributed by atoms with Crippen molar-refractivity contribution in [3.63, 3.8) is 0 Å². The van der Waals surface area contributed by atoms with Gasteiger partial charge in [0.2, 0.25) is 0 Å². The number of aromatic nitrogens is 1. The topological polar surface area (TPSA) is 45.8 Å². The van der Waals surface area contributed by atoms with Gasteiger partial charge in [-0.25, -0.2) is 0 Å². The van der Waals surface area contributed by atoms with Crippen LogP contribution in [0.3, 0.4) is 0 Å². The molecule has 68 valence electrons. The van der Waals surface area contributed by atoms with E-state index in [2.05, 4.69) is 0 Å². The van der Waals surface area contributed by atoms with Gasteiger partial charge < -0.3 is 4.57 Å². The number of hydrogen-bond acceptors (Lipinski definition) is 2. The van der Waals surface area contributed by atoms with Crippen LogP contribution < -0.4 is 5.43 Å². The zero-order valence-corrected chi connectivity index (χ0v) is 8.03. The van der Waals surface area contributed by atoms with E-state index in [1.807, 2.05) is 31.5 Å². The van der Waals surface area contributed by atoms with E-state index in [-0.39, 0.29) is 16.9 Å². The maximum absolute atomic E-state index is 11.3. The maximum atomic E-state index is 11.3. The molecule has 0 aliphatic heterocycles. The summed E-state index contributed by atoms with van der Waals surface area (Å²) in [7, 11) is 1.84. The molecule has 0 spiro atoms. The Morgan fingerprint density at radius 2 is 2.15 bits per heavy atom. The van der Waals surface area contributed by atoms with Crippen molar-refractivity contribution in [3.05, 3.63) is 33.7 Å². The minimum absolute atomic E-state index is 0.188. The Morgan fingerprint density at radius 3 is 2.54 bits per heavy atom. The standard InChI is InChI=1S/C10H12N2O/c1-7(2)10-8(6-11)9(13)4-5-12(10)3/h4-5,7H,1-3H3. The van der Waals surface area contributed by atoms with Gasteiger partial charge in [0.25, 0.3) is 0 Å². The quantitative estimate of drug-likeness (QED) is 0.649. The van der Waals surface area contributed by atoms with Gasteiger partial charge in [-0.3, -0.25) is 4.79 Å². The van der Waals surface area contributed by atoms with Crippen molar-refractivity contribution in [1.29, 1.82) is 5.26 Å². The fourth-order valence-electron chi connectivity index (χ4n) is 1.45. The van der Waals surface area contributed by atoms with Crippen LogP contribution in [0, 0.1) is 11.3 Å². The second-order valence-corrected chi connectivity index (χ2v) is 3.32. The molecule has 0 amide bonds. The van der Waals surface area contributed by atoms with Crippen LogP contribution >= 0.6 is 0 Å². The van der Waals surface area contributed by atoms with Crippen LogP contribution in [0.4, 0.5) is 0 Å². The van der Waals surface area contributed by atoms with E-state index in [1.54, 1.807) is 6.20 Å². The lowest BCUT2D eigenvalue weighted by Crippen LogP contribution is -2.15.